The zero-order valence-electron chi connectivity index (χ0n) is 18.1. The van der Waals surface area contributed by atoms with Crippen molar-refractivity contribution in [3.63, 3.8) is 0 Å². The lowest BCUT2D eigenvalue weighted by Crippen LogP contribution is -2.35. The highest BCUT2D eigenvalue weighted by atomic mass is 19.1. The number of ether oxygens (including phenoxy) is 3. The van der Waals surface area contributed by atoms with Crippen LogP contribution in [0.2, 0.25) is 0 Å². The zero-order valence-corrected chi connectivity index (χ0v) is 18.1. The first kappa shape index (κ1) is 23.1. The number of amides is 1. The monoisotopic (exact) mass is 444 g/mol. The molecule has 2 aromatic carbocycles. The summed E-state index contributed by atoms with van der Waals surface area (Å²) in [7, 11) is 1.48. The maximum Gasteiger partial charge on any atom is 0.251 e. The summed E-state index contributed by atoms with van der Waals surface area (Å²) in [5.74, 6) is 1.00. The Labute approximate surface area is 184 Å². The summed E-state index contributed by atoms with van der Waals surface area (Å²) in [6.45, 7) is 3.75. The highest BCUT2D eigenvalue weighted by molar-refractivity contribution is 5.94. The van der Waals surface area contributed by atoms with Gasteiger partial charge in [0.2, 0.25) is 0 Å². The first-order chi connectivity index (χ1) is 15.4. The largest absolute Gasteiger partial charge is 0.493 e. The molecule has 9 heteroatoms. The van der Waals surface area contributed by atoms with E-state index in [-0.39, 0.29) is 19.8 Å². The number of nitrogens with one attached hydrogen (secondary N) is 1. The van der Waals surface area contributed by atoms with Gasteiger partial charge in [0.15, 0.2) is 11.5 Å². The highest BCUT2D eigenvalue weighted by Gasteiger charge is 2.15. The Kier molecular flexibility index (Phi) is 7.67. The van der Waals surface area contributed by atoms with Crippen molar-refractivity contribution in [2.45, 2.75) is 26.6 Å². The highest BCUT2D eigenvalue weighted by Crippen LogP contribution is 2.29. The molecule has 0 radical (unpaired) electrons. The smallest absolute Gasteiger partial charge is 0.251 e. The van der Waals surface area contributed by atoms with Gasteiger partial charge in [-0.15, -0.1) is 0 Å². The van der Waals surface area contributed by atoms with Gasteiger partial charge in [0, 0.05) is 18.2 Å². The second kappa shape index (κ2) is 10.6. The van der Waals surface area contributed by atoms with E-state index >= 15 is 0 Å². The number of benzene rings is 2. The Bertz CT molecular complexity index is 1050. The minimum absolute atomic E-state index is 0.0409. The Morgan fingerprint density at radius 3 is 2.69 bits per heavy atom. The molecule has 0 bridgehead atoms. The summed E-state index contributed by atoms with van der Waals surface area (Å²) in [4.78, 5) is 12.5. The minimum Gasteiger partial charge on any atom is -0.493 e. The molecule has 1 aromatic heterocycles. The summed E-state index contributed by atoms with van der Waals surface area (Å²) in [6.07, 6.45) is -0.971. The molecule has 1 atom stereocenters. The van der Waals surface area contributed by atoms with E-state index in [1.165, 1.54) is 25.3 Å². The molecule has 0 aliphatic rings. The van der Waals surface area contributed by atoms with E-state index in [1.807, 2.05) is 6.92 Å². The molecule has 3 aromatic rings. The molecule has 2 N–H and O–H groups in total. The van der Waals surface area contributed by atoms with Crippen LogP contribution in [-0.4, -0.2) is 42.5 Å². The standard InChI is InChI=1S/C23H25FN2O6/c1-14-20(15(2)32-26-14)13-31-21-8-7-16(9-22(21)29-3)23(28)25-11-18(27)12-30-19-6-4-5-17(24)10-19/h4-10,18,27H,11-13H2,1-3H3,(H,25,28)/t18-/m0/s1. The normalized spacial score (nSPS) is 11.7. The summed E-state index contributed by atoms with van der Waals surface area (Å²) in [5, 5.41) is 16.6. The lowest BCUT2D eigenvalue weighted by Gasteiger charge is -2.15. The number of nitrogens with zero attached hydrogens (tertiary/aromatic N) is 1. The van der Waals surface area contributed by atoms with Gasteiger partial charge < -0.3 is 29.2 Å². The molecule has 1 heterocycles. The van der Waals surface area contributed by atoms with Gasteiger partial charge in [0.1, 0.15) is 36.6 Å². The molecule has 0 aliphatic carbocycles. The molecule has 170 valence electrons. The summed E-state index contributed by atoms with van der Waals surface area (Å²) < 4.78 is 34.8. The molecule has 1 amide bonds. The maximum atomic E-state index is 13.2. The number of aliphatic hydroxyl groups excluding tert-OH is 1. The minimum atomic E-state index is -0.971. The number of aryl methyl sites for hydroxylation is 2. The van der Waals surface area contributed by atoms with Crippen LogP contribution in [0.5, 0.6) is 17.2 Å². The van der Waals surface area contributed by atoms with Crippen LogP contribution in [0.25, 0.3) is 0 Å². The molecule has 32 heavy (non-hydrogen) atoms. The third-order valence-electron chi connectivity index (χ3n) is 4.72. The van der Waals surface area contributed by atoms with E-state index in [2.05, 4.69) is 10.5 Å². The molecule has 0 spiro atoms. The Morgan fingerprint density at radius 2 is 2.00 bits per heavy atom. The summed E-state index contributed by atoms with van der Waals surface area (Å²) >= 11 is 0. The van der Waals surface area contributed by atoms with E-state index in [0.717, 1.165) is 11.3 Å². The van der Waals surface area contributed by atoms with Crippen molar-refractivity contribution in [2.24, 2.45) is 0 Å². The second-order valence-corrected chi connectivity index (χ2v) is 7.09. The van der Waals surface area contributed by atoms with Crippen molar-refractivity contribution in [1.29, 1.82) is 0 Å². The van der Waals surface area contributed by atoms with Gasteiger partial charge in [0.25, 0.3) is 5.91 Å². The number of hydrogen-bond donors (Lipinski definition) is 2. The molecule has 0 saturated heterocycles. The van der Waals surface area contributed by atoms with Crippen LogP contribution < -0.4 is 19.5 Å². The number of rotatable bonds is 10. The number of halogens is 1. The van der Waals surface area contributed by atoms with E-state index in [1.54, 1.807) is 31.2 Å². The molecular formula is C23H25FN2O6. The number of carbonyl (C=O) groups excluding carboxylic acids is 1. The Morgan fingerprint density at radius 1 is 1.19 bits per heavy atom. The average Bonchev–Trinajstić information content (AvgIpc) is 3.11. The van der Waals surface area contributed by atoms with Gasteiger partial charge in [-0.25, -0.2) is 4.39 Å². The van der Waals surface area contributed by atoms with Gasteiger partial charge >= 0.3 is 0 Å². The SMILES string of the molecule is COc1cc(C(=O)NC[C@H](O)COc2cccc(F)c2)ccc1OCc1c(C)noc1C. The molecular weight excluding hydrogens is 419 g/mol. The van der Waals surface area contributed by atoms with Crippen LogP contribution in [0, 0.1) is 19.7 Å². The zero-order chi connectivity index (χ0) is 23.1. The van der Waals surface area contributed by atoms with Crippen molar-refractivity contribution < 1.29 is 33.0 Å². The van der Waals surface area contributed by atoms with Crippen molar-refractivity contribution in [3.8, 4) is 17.2 Å². The van der Waals surface area contributed by atoms with Crippen molar-refractivity contribution >= 4 is 5.91 Å². The Hall–Kier alpha value is -3.59. The third-order valence-corrected chi connectivity index (χ3v) is 4.72. The van der Waals surface area contributed by atoms with Crippen molar-refractivity contribution in [3.05, 3.63) is 70.9 Å². The van der Waals surface area contributed by atoms with Crippen molar-refractivity contribution in [1.82, 2.24) is 10.5 Å². The number of methoxy groups -OCH3 is 1. The second-order valence-electron chi connectivity index (χ2n) is 7.09. The van der Waals surface area contributed by atoms with E-state index in [9.17, 15) is 14.3 Å². The predicted molar refractivity (Wildman–Crippen MR) is 114 cm³/mol. The average molecular weight is 444 g/mol. The topological polar surface area (TPSA) is 103 Å². The first-order valence-corrected chi connectivity index (χ1v) is 9.94. The van der Waals surface area contributed by atoms with Gasteiger partial charge in [0.05, 0.1) is 18.4 Å². The molecule has 0 aliphatic heterocycles. The number of hydrogen-bond acceptors (Lipinski definition) is 7. The molecule has 3 rings (SSSR count). The van der Waals surface area contributed by atoms with Crippen LogP contribution >= 0.6 is 0 Å². The number of aliphatic hydroxyl groups is 1. The van der Waals surface area contributed by atoms with Crippen LogP contribution in [-0.2, 0) is 6.61 Å². The number of aromatic nitrogens is 1. The maximum absolute atomic E-state index is 13.2. The predicted octanol–water partition coefficient (Wildman–Crippen LogP) is 3.19. The van der Waals surface area contributed by atoms with Gasteiger partial charge in [-0.3, -0.25) is 4.79 Å². The molecule has 0 saturated carbocycles. The Balaban J connectivity index is 1.53. The first-order valence-electron chi connectivity index (χ1n) is 9.94. The lowest BCUT2D eigenvalue weighted by atomic mass is 10.1. The number of carbonyl (C=O) groups is 1. The third kappa shape index (κ3) is 5.98. The van der Waals surface area contributed by atoms with Crippen LogP contribution in [0.4, 0.5) is 4.39 Å². The van der Waals surface area contributed by atoms with E-state index in [0.29, 0.717) is 28.6 Å². The fourth-order valence-electron chi connectivity index (χ4n) is 2.91. The summed E-state index contributed by atoms with van der Waals surface area (Å²) in [6, 6.07) is 10.4. The van der Waals surface area contributed by atoms with E-state index in [4.69, 9.17) is 18.7 Å². The lowest BCUT2D eigenvalue weighted by molar-refractivity contribution is 0.0843. The van der Waals surface area contributed by atoms with Gasteiger partial charge in [-0.2, -0.15) is 0 Å². The fourth-order valence-corrected chi connectivity index (χ4v) is 2.91. The summed E-state index contributed by atoms with van der Waals surface area (Å²) in [5.41, 5.74) is 1.94. The molecule has 8 nitrogen and oxygen atoms in total. The molecule has 0 fully saturated rings. The van der Waals surface area contributed by atoms with Crippen molar-refractivity contribution in [2.75, 3.05) is 20.3 Å². The van der Waals surface area contributed by atoms with E-state index < -0.39 is 17.8 Å². The fraction of sp³-hybridized carbons (Fsp3) is 0.304. The van der Waals surface area contributed by atoms with Gasteiger partial charge in [-0.1, -0.05) is 11.2 Å². The molecule has 0 unspecified atom stereocenters. The van der Waals surface area contributed by atoms with Crippen LogP contribution in [0.15, 0.2) is 47.0 Å². The van der Waals surface area contributed by atoms with Gasteiger partial charge in [-0.05, 0) is 44.2 Å². The van der Waals surface area contributed by atoms with Crippen LogP contribution in [0.3, 0.4) is 0 Å². The quantitative estimate of drug-likeness (QED) is 0.495. The van der Waals surface area contributed by atoms with Crippen LogP contribution in [0.1, 0.15) is 27.4 Å².